The summed E-state index contributed by atoms with van der Waals surface area (Å²) >= 11 is 1.36. The number of aryl methyl sites for hydroxylation is 1. The highest BCUT2D eigenvalue weighted by Gasteiger charge is 2.04. The molecule has 0 bridgehead atoms. The van der Waals surface area contributed by atoms with Gasteiger partial charge in [0.2, 0.25) is 0 Å². The molecule has 2 rings (SSSR count). The molecule has 0 saturated carbocycles. The number of para-hydroxylation sites is 1. The Balaban J connectivity index is 2.13. The van der Waals surface area contributed by atoms with Crippen molar-refractivity contribution in [1.82, 2.24) is 5.32 Å². The Bertz CT molecular complexity index is 692. The van der Waals surface area contributed by atoms with E-state index in [1.54, 1.807) is 18.2 Å². The minimum absolute atomic E-state index is 0.215. The summed E-state index contributed by atoms with van der Waals surface area (Å²) in [5.74, 6) is 0.245. The molecule has 0 fully saturated rings. The number of thioether (sulfide) groups is 1. The third-order valence-electron chi connectivity index (χ3n) is 2.70. The van der Waals surface area contributed by atoms with Crippen LogP contribution < -0.4 is 5.32 Å². The van der Waals surface area contributed by atoms with Crippen LogP contribution in [0.5, 0.6) is 0 Å². The van der Waals surface area contributed by atoms with Gasteiger partial charge in [0, 0.05) is 5.75 Å². The second-order valence-electron chi connectivity index (χ2n) is 4.38. The van der Waals surface area contributed by atoms with E-state index >= 15 is 0 Å². The normalized spacial score (nSPS) is 11.0. The van der Waals surface area contributed by atoms with E-state index in [9.17, 15) is 4.39 Å². The highest BCUT2D eigenvalue weighted by Crippen LogP contribution is 2.20. The van der Waals surface area contributed by atoms with Crippen molar-refractivity contribution in [2.24, 2.45) is 4.99 Å². The number of nitrogens with one attached hydrogen (secondary N) is 1. The van der Waals surface area contributed by atoms with E-state index in [4.69, 9.17) is 5.26 Å². The lowest BCUT2D eigenvalue weighted by molar-refractivity contribution is 0.630. The molecule has 0 radical (unpaired) electrons. The molecule has 106 valence electrons. The summed E-state index contributed by atoms with van der Waals surface area (Å²) in [7, 11) is 0. The predicted octanol–water partition coefficient (Wildman–Crippen LogP) is 4.13. The number of amidine groups is 1. The fraction of sp³-hybridized carbons (Fsp3) is 0.125. The molecule has 2 aromatic carbocycles. The number of hydrogen-bond donors (Lipinski definition) is 1. The highest BCUT2D eigenvalue weighted by molar-refractivity contribution is 8.13. The van der Waals surface area contributed by atoms with Crippen molar-refractivity contribution in [2.75, 3.05) is 0 Å². The Hall–Kier alpha value is -2.32. The summed E-state index contributed by atoms with van der Waals surface area (Å²) in [6.07, 6.45) is 1.83. The monoisotopic (exact) mass is 299 g/mol. The molecule has 0 aromatic heterocycles. The summed E-state index contributed by atoms with van der Waals surface area (Å²) in [5.41, 5.74) is 2.52. The lowest BCUT2D eigenvalue weighted by Crippen LogP contribution is -2.13. The van der Waals surface area contributed by atoms with Crippen LogP contribution in [0, 0.1) is 24.2 Å². The number of nitriles is 1. The minimum atomic E-state index is -0.411. The van der Waals surface area contributed by atoms with Gasteiger partial charge < -0.3 is 0 Å². The number of aliphatic imine (C=N–C) groups is 1. The average Bonchev–Trinajstić information content (AvgIpc) is 2.47. The SMILES string of the molecule is Cc1cccc(CSC(=Nc2ccccc2F)NC#N)c1. The average molecular weight is 299 g/mol. The lowest BCUT2D eigenvalue weighted by Gasteiger charge is -2.05. The number of benzene rings is 2. The second kappa shape index (κ2) is 7.46. The van der Waals surface area contributed by atoms with E-state index in [1.165, 1.54) is 23.4 Å². The molecule has 0 unspecified atom stereocenters. The maximum atomic E-state index is 13.6. The zero-order valence-electron chi connectivity index (χ0n) is 11.5. The quantitative estimate of drug-likeness (QED) is 0.401. The number of rotatable bonds is 3. The Kier molecular flexibility index (Phi) is 5.35. The van der Waals surface area contributed by atoms with E-state index in [1.807, 2.05) is 31.3 Å². The van der Waals surface area contributed by atoms with Crippen LogP contribution in [0.4, 0.5) is 10.1 Å². The van der Waals surface area contributed by atoms with Gasteiger partial charge in [0.15, 0.2) is 11.4 Å². The Morgan fingerprint density at radius 2 is 2.10 bits per heavy atom. The fourth-order valence-electron chi connectivity index (χ4n) is 1.75. The van der Waals surface area contributed by atoms with Gasteiger partial charge >= 0.3 is 0 Å². The largest absolute Gasteiger partial charge is 0.271 e. The predicted molar refractivity (Wildman–Crippen MR) is 84.7 cm³/mol. The zero-order chi connectivity index (χ0) is 15.1. The summed E-state index contributed by atoms with van der Waals surface area (Å²) < 4.78 is 13.6. The van der Waals surface area contributed by atoms with E-state index < -0.39 is 5.82 Å². The molecule has 0 heterocycles. The molecule has 0 amide bonds. The van der Waals surface area contributed by atoms with Gasteiger partial charge in [-0.3, -0.25) is 5.32 Å². The first-order chi connectivity index (χ1) is 10.2. The van der Waals surface area contributed by atoms with Gasteiger partial charge in [0.25, 0.3) is 0 Å². The minimum Gasteiger partial charge on any atom is -0.271 e. The number of halogens is 1. The molecule has 5 heteroatoms. The van der Waals surface area contributed by atoms with Gasteiger partial charge in [-0.1, -0.05) is 53.7 Å². The molecule has 0 aliphatic heterocycles. The van der Waals surface area contributed by atoms with Crippen LogP contribution in [0.3, 0.4) is 0 Å². The lowest BCUT2D eigenvalue weighted by atomic mass is 10.2. The number of hydrogen-bond acceptors (Lipinski definition) is 3. The number of nitrogens with zero attached hydrogens (tertiary/aromatic N) is 2. The van der Waals surface area contributed by atoms with Crippen molar-refractivity contribution in [3.05, 3.63) is 65.5 Å². The van der Waals surface area contributed by atoms with E-state index in [-0.39, 0.29) is 5.69 Å². The van der Waals surface area contributed by atoms with Crippen LogP contribution in [-0.4, -0.2) is 5.17 Å². The zero-order valence-corrected chi connectivity index (χ0v) is 12.3. The highest BCUT2D eigenvalue weighted by atomic mass is 32.2. The molecule has 0 spiro atoms. The van der Waals surface area contributed by atoms with Crippen molar-refractivity contribution < 1.29 is 4.39 Å². The van der Waals surface area contributed by atoms with Crippen LogP contribution in [0.25, 0.3) is 0 Å². The maximum absolute atomic E-state index is 13.6. The Morgan fingerprint density at radius 1 is 1.29 bits per heavy atom. The first-order valence-corrected chi connectivity index (χ1v) is 7.34. The van der Waals surface area contributed by atoms with Crippen molar-refractivity contribution in [2.45, 2.75) is 12.7 Å². The maximum Gasteiger partial charge on any atom is 0.183 e. The van der Waals surface area contributed by atoms with Crippen LogP contribution in [0.1, 0.15) is 11.1 Å². The summed E-state index contributed by atoms with van der Waals surface area (Å²) in [5, 5.41) is 11.7. The van der Waals surface area contributed by atoms with Gasteiger partial charge in [-0.15, -0.1) is 0 Å². The van der Waals surface area contributed by atoms with Gasteiger partial charge in [0.05, 0.1) is 0 Å². The second-order valence-corrected chi connectivity index (χ2v) is 5.35. The first-order valence-electron chi connectivity index (χ1n) is 6.35. The van der Waals surface area contributed by atoms with Crippen LogP contribution >= 0.6 is 11.8 Å². The van der Waals surface area contributed by atoms with Crippen molar-refractivity contribution >= 4 is 22.6 Å². The van der Waals surface area contributed by atoms with Gasteiger partial charge in [0.1, 0.15) is 11.5 Å². The molecular weight excluding hydrogens is 285 g/mol. The molecule has 0 saturated heterocycles. The van der Waals surface area contributed by atoms with E-state index in [2.05, 4.69) is 16.4 Å². The van der Waals surface area contributed by atoms with Crippen LogP contribution in [0.2, 0.25) is 0 Å². The first kappa shape index (κ1) is 15.1. The van der Waals surface area contributed by atoms with Gasteiger partial charge in [-0.25, -0.2) is 9.38 Å². The molecule has 0 atom stereocenters. The third kappa shape index (κ3) is 4.62. The summed E-state index contributed by atoms with van der Waals surface area (Å²) in [6, 6.07) is 14.3. The Labute approximate surface area is 127 Å². The molecular formula is C16H14FN3S. The molecule has 0 aliphatic carbocycles. The van der Waals surface area contributed by atoms with Gasteiger partial charge in [-0.2, -0.15) is 5.26 Å². The molecule has 1 N–H and O–H groups in total. The standard InChI is InChI=1S/C16H14FN3S/c1-12-5-4-6-13(9-12)10-21-16(19-11-18)20-15-8-3-2-7-14(15)17/h2-9H,10H2,1H3,(H,19,20). The third-order valence-corrected chi connectivity index (χ3v) is 3.64. The topological polar surface area (TPSA) is 48.2 Å². The van der Waals surface area contributed by atoms with Crippen molar-refractivity contribution in [3.8, 4) is 6.19 Å². The van der Waals surface area contributed by atoms with E-state index in [0.29, 0.717) is 10.9 Å². The van der Waals surface area contributed by atoms with Crippen LogP contribution in [-0.2, 0) is 5.75 Å². The Morgan fingerprint density at radius 3 is 2.81 bits per heavy atom. The fourth-order valence-corrected chi connectivity index (χ4v) is 2.51. The molecule has 3 nitrogen and oxygen atoms in total. The smallest absolute Gasteiger partial charge is 0.183 e. The van der Waals surface area contributed by atoms with Crippen molar-refractivity contribution in [3.63, 3.8) is 0 Å². The van der Waals surface area contributed by atoms with Crippen molar-refractivity contribution in [1.29, 1.82) is 5.26 Å². The molecule has 0 aliphatic rings. The summed E-state index contributed by atoms with van der Waals surface area (Å²) in [4.78, 5) is 4.16. The van der Waals surface area contributed by atoms with Gasteiger partial charge in [-0.05, 0) is 24.6 Å². The van der Waals surface area contributed by atoms with Crippen LogP contribution in [0.15, 0.2) is 53.5 Å². The summed E-state index contributed by atoms with van der Waals surface area (Å²) in [6.45, 7) is 2.02. The van der Waals surface area contributed by atoms with E-state index in [0.717, 1.165) is 5.56 Å². The molecule has 2 aromatic rings. The molecule has 21 heavy (non-hydrogen) atoms.